The van der Waals surface area contributed by atoms with Gasteiger partial charge in [0.25, 0.3) is 0 Å². The summed E-state index contributed by atoms with van der Waals surface area (Å²) in [5.74, 6) is 1.87. The highest BCUT2D eigenvalue weighted by Gasteiger charge is 2.28. The molecular formula is C19H22N4O2. The lowest BCUT2D eigenvalue weighted by atomic mass is 9.97. The number of hydrogen-bond acceptors (Lipinski definition) is 5. The SMILES string of the molecule is O=C(NC[C@@H]1Cc2ccccc2O1)[C@@H]1CCCN(c2cnccn2)C1. The first kappa shape index (κ1) is 15.9. The first-order valence-corrected chi connectivity index (χ1v) is 8.83. The molecule has 1 aromatic carbocycles. The van der Waals surface area contributed by atoms with Crippen molar-refractivity contribution >= 4 is 11.7 Å². The van der Waals surface area contributed by atoms with Gasteiger partial charge in [-0.3, -0.25) is 9.78 Å². The van der Waals surface area contributed by atoms with Crippen LogP contribution in [0.2, 0.25) is 0 Å². The van der Waals surface area contributed by atoms with E-state index in [1.807, 2.05) is 18.2 Å². The number of nitrogens with one attached hydrogen (secondary N) is 1. The maximum absolute atomic E-state index is 12.6. The summed E-state index contributed by atoms with van der Waals surface area (Å²) in [6.07, 6.45) is 7.89. The molecule has 1 amide bonds. The van der Waals surface area contributed by atoms with Crippen molar-refractivity contribution in [3.05, 3.63) is 48.4 Å². The van der Waals surface area contributed by atoms with Crippen molar-refractivity contribution in [2.45, 2.75) is 25.4 Å². The van der Waals surface area contributed by atoms with Crippen molar-refractivity contribution in [1.29, 1.82) is 0 Å². The van der Waals surface area contributed by atoms with Crippen LogP contribution in [0.1, 0.15) is 18.4 Å². The first-order chi connectivity index (χ1) is 12.3. The van der Waals surface area contributed by atoms with E-state index in [4.69, 9.17) is 4.74 Å². The van der Waals surface area contributed by atoms with Gasteiger partial charge in [-0.1, -0.05) is 18.2 Å². The molecule has 0 unspecified atom stereocenters. The molecule has 0 aliphatic carbocycles. The smallest absolute Gasteiger partial charge is 0.225 e. The number of anilines is 1. The van der Waals surface area contributed by atoms with Crippen LogP contribution in [0.25, 0.3) is 0 Å². The minimum atomic E-state index is -0.0143. The molecule has 6 heteroatoms. The maximum Gasteiger partial charge on any atom is 0.225 e. The summed E-state index contributed by atoms with van der Waals surface area (Å²) in [4.78, 5) is 23.2. The second kappa shape index (κ2) is 7.09. The van der Waals surface area contributed by atoms with Gasteiger partial charge in [0.2, 0.25) is 5.91 Å². The van der Waals surface area contributed by atoms with Gasteiger partial charge in [0.05, 0.1) is 18.7 Å². The lowest BCUT2D eigenvalue weighted by Crippen LogP contribution is -2.45. The van der Waals surface area contributed by atoms with Crippen molar-refractivity contribution in [2.24, 2.45) is 5.92 Å². The second-order valence-corrected chi connectivity index (χ2v) is 6.65. The molecule has 0 spiro atoms. The van der Waals surface area contributed by atoms with E-state index < -0.39 is 0 Å². The second-order valence-electron chi connectivity index (χ2n) is 6.65. The summed E-state index contributed by atoms with van der Waals surface area (Å²) in [5, 5.41) is 3.07. The van der Waals surface area contributed by atoms with Gasteiger partial charge in [0.1, 0.15) is 17.7 Å². The molecule has 1 fully saturated rings. The van der Waals surface area contributed by atoms with Crippen molar-refractivity contribution in [3.8, 4) is 5.75 Å². The van der Waals surface area contributed by atoms with E-state index in [1.165, 1.54) is 5.56 Å². The first-order valence-electron chi connectivity index (χ1n) is 8.83. The van der Waals surface area contributed by atoms with Gasteiger partial charge in [0.15, 0.2) is 0 Å². The average Bonchev–Trinajstić information content (AvgIpc) is 3.10. The molecule has 25 heavy (non-hydrogen) atoms. The highest BCUT2D eigenvalue weighted by atomic mass is 16.5. The Bertz CT molecular complexity index is 712. The van der Waals surface area contributed by atoms with Crippen LogP contribution in [-0.2, 0) is 11.2 Å². The number of carbonyl (C=O) groups excluding carboxylic acids is 1. The summed E-state index contributed by atoms with van der Waals surface area (Å²) >= 11 is 0. The van der Waals surface area contributed by atoms with E-state index in [0.717, 1.165) is 37.4 Å². The Morgan fingerprint density at radius 3 is 3.08 bits per heavy atom. The number of hydrogen-bond donors (Lipinski definition) is 1. The third-order valence-corrected chi connectivity index (χ3v) is 4.88. The molecule has 2 atom stereocenters. The number of para-hydroxylation sites is 1. The van der Waals surface area contributed by atoms with Crippen LogP contribution in [0.15, 0.2) is 42.9 Å². The van der Waals surface area contributed by atoms with E-state index in [0.29, 0.717) is 13.1 Å². The summed E-state index contributed by atoms with van der Waals surface area (Å²) < 4.78 is 5.89. The number of amides is 1. The molecule has 1 N–H and O–H groups in total. The molecule has 1 saturated heterocycles. The molecule has 3 heterocycles. The number of carbonyl (C=O) groups is 1. The third-order valence-electron chi connectivity index (χ3n) is 4.88. The van der Waals surface area contributed by atoms with Crippen LogP contribution in [0.3, 0.4) is 0 Å². The minimum Gasteiger partial charge on any atom is -0.488 e. The fourth-order valence-electron chi connectivity index (χ4n) is 3.58. The molecule has 2 aliphatic rings. The number of fused-ring (bicyclic) bond motifs is 1. The predicted octanol–water partition coefficient (Wildman–Crippen LogP) is 1.81. The Hall–Kier alpha value is -2.63. The number of rotatable bonds is 4. The normalized spacial score (nSPS) is 22.2. The fourth-order valence-corrected chi connectivity index (χ4v) is 3.58. The summed E-state index contributed by atoms with van der Waals surface area (Å²) in [6, 6.07) is 8.06. The monoisotopic (exact) mass is 338 g/mol. The van der Waals surface area contributed by atoms with Gasteiger partial charge >= 0.3 is 0 Å². The van der Waals surface area contributed by atoms with Gasteiger partial charge in [-0.2, -0.15) is 0 Å². The van der Waals surface area contributed by atoms with Crippen molar-refractivity contribution < 1.29 is 9.53 Å². The van der Waals surface area contributed by atoms with Crippen molar-refractivity contribution in [3.63, 3.8) is 0 Å². The van der Waals surface area contributed by atoms with Gasteiger partial charge in [0, 0.05) is 31.9 Å². The molecule has 2 aliphatic heterocycles. The van der Waals surface area contributed by atoms with Gasteiger partial charge in [-0.25, -0.2) is 4.98 Å². The topological polar surface area (TPSA) is 67.3 Å². The maximum atomic E-state index is 12.6. The molecule has 0 saturated carbocycles. The lowest BCUT2D eigenvalue weighted by molar-refractivity contribution is -0.125. The van der Waals surface area contributed by atoms with Crippen LogP contribution in [0, 0.1) is 5.92 Å². The number of aromatic nitrogens is 2. The van der Waals surface area contributed by atoms with E-state index in [-0.39, 0.29) is 17.9 Å². The molecular weight excluding hydrogens is 316 g/mol. The van der Waals surface area contributed by atoms with Crippen LogP contribution >= 0.6 is 0 Å². The zero-order valence-electron chi connectivity index (χ0n) is 14.1. The predicted molar refractivity (Wildman–Crippen MR) is 94.5 cm³/mol. The van der Waals surface area contributed by atoms with E-state index in [1.54, 1.807) is 18.6 Å². The van der Waals surface area contributed by atoms with Crippen molar-refractivity contribution in [2.75, 3.05) is 24.5 Å². The Morgan fingerprint density at radius 2 is 2.24 bits per heavy atom. The fraction of sp³-hybridized carbons (Fsp3) is 0.421. The molecule has 4 rings (SSSR count). The third kappa shape index (κ3) is 3.57. The van der Waals surface area contributed by atoms with Crippen molar-refractivity contribution in [1.82, 2.24) is 15.3 Å². The van der Waals surface area contributed by atoms with E-state index in [2.05, 4.69) is 26.3 Å². The quantitative estimate of drug-likeness (QED) is 0.921. The minimum absolute atomic E-state index is 0.0143. The molecule has 1 aromatic heterocycles. The molecule has 6 nitrogen and oxygen atoms in total. The highest BCUT2D eigenvalue weighted by Crippen LogP contribution is 2.28. The lowest BCUT2D eigenvalue weighted by Gasteiger charge is -2.32. The molecule has 0 bridgehead atoms. The zero-order chi connectivity index (χ0) is 17.1. The summed E-state index contributed by atoms with van der Waals surface area (Å²) in [6.45, 7) is 2.16. The van der Waals surface area contributed by atoms with Gasteiger partial charge in [-0.05, 0) is 24.5 Å². The number of benzene rings is 1. The standard InChI is InChI=1S/C19H22N4O2/c24-19(22-11-16-10-14-4-1-2-6-17(14)25-16)15-5-3-9-23(13-15)18-12-20-7-8-21-18/h1-2,4,6-8,12,15-16H,3,5,9-11,13H2,(H,22,24)/t15-,16+/m1/s1. The number of piperidine rings is 1. The summed E-state index contributed by atoms with van der Waals surface area (Å²) in [5.41, 5.74) is 1.22. The Balaban J connectivity index is 1.30. The average molecular weight is 338 g/mol. The van der Waals surface area contributed by atoms with Crippen LogP contribution in [-0.4, -0.2) is 41.6 Å². The van der Waals surface area contributed by atoms with Gasteiger partial charge in [-0.15, -0.1) is 0 Å². The Morgan fingerprint density at radius 1 is 1.32 bits per heavy atom. The number of nitrogens with zero attached hydrogens (tertiary/aromatic N) is 3. The summed E-state index contributed by atoms with van der Waals surface area (Å²) in [7, 11) is 0. The van der Waals surface area contributed by atoms with Crippen LogP contribution in [0.4, 0.5) is 5.82 Å². The van der Waals surface area contributed by atoms with E-state index >= 15 is 0 Å². The molecule has 0 radical (unpaired) electrons. The molecule has 2 aromatic rings. The molecule has 130 valence electrons. The largest absolute Gasteiger partial charge is 0.488 e. The Labute approximate surface area is 147 Å². The zero-order valence-corrected chi connectivity index (χ0v) is 14.1. The van der Waals surface area contributed by atoms with Crippen LogP contribution < -0.4 is 15.0 Å². The van der Waals surface area contributed by atoms with E-state index in [9.17, 15) is 4.79 Å². The Kier molecular flexibility index (Phi) is 4.50. The van der Waals surface area contributed by atoms with Gasteiger partial charge < -0.3 is 15.0 Å². The van der Waals surface area contributed by atoms with Crippen LogP contribution in [0.5, 0.6) is 5.75 Å². The number of ether oxygens (including phenoxy) is 1. The highest BCUT2D eigenvalue weighted by molar-refractivity contribution is 5.79.